The largest absolute Gasteiger partial charge is 0.469 e. The summed E-state index contributed by atoms with van der Waals surface area (Å²) in [4.78, 5) is 91.4. The van der Waals surface area contributed by atoms with E-state index in [4.69, 9.17) is 48.3 Å². The number of imidazole rings is 1. The van der Waals surface area contributed by atoms with E-state index in [0.29, 0.717) is 42.4 Å². The fraction of sp³-hybridized carbons (Fsp3) is 0.651. The summed E-state index contributed by atoms with van der Waals surface area (Å²) in [5.41, 5.74) is 0.819. The maximum atomic E-state index is 11.4. The minimum atomic E-state index is -4.74. The molecule has 6 aliphatic rings. The predicted molar refractivity (Wildman–Crippen MR) is 267 cm³/mol. The summed E-state index contributed by atoms with van der Waals surface area (Å²) < 4.78 is 70.4. The molecule has 13 N–H and O–H groups in total. The maximum absolute atomic E-state index is 11.4. The molecule has 2 aromatic rings. The number of carbonyl (C=O) groups excluding carboxylic acids is 2. The number of aliphatic hydroxyl groups excluding tert-OH is 4. The van der Waals surface area contributed by atoms with Gasteiger partial charge in [0.15, 0.2) is 29.0 Å². The number of unbranched alkanes of at least 4 members (excludes halogenated alkanes) is 1. The average molecular weight is 1160 g/mol. The number of aromatic nitrogens is 4. The zero-order valence-corrected chi connectivity index (χ0v) is 44.2. The molecule has 2 amide bonds. The minimum absolute atomic E-state index is 0. The molecule has 8 rings (SSSR count). The second-order valence-electron chi connectivity index (χ2n) is 18.7. The number of aliphatic hydroxyl groups is 4. The predicted octanol–water partition coefficient (Wildman–Crippen LogP) is -0.147. The number of fused-ring (bicyclic) bond motifs is 2. The van der Waals surface area contributed by atoms with Crippen LogP contribution in [0.5, 0.6) is 0 Å². The van der Waals surface area contributed by atoms with Crippen molar-refractivity contribution < 1.29 is 106 Å². The van der Waals surface area contributed by atoms with Gasteiger partial charge in [-0.1, -0.05) is 33.9 Å². The van der Waals surface area contributed by atoms with Crippen LogP contribution in [0.1, 0.15) is 66.5 Å². The van der Waals surface area contributed by atoms with Gasteiger partial charge in [0.2, 0.25) is 0 Å². The van der Waals surface area contributed by atoms with Crippen LogP contribution >= 0.6 is 23.5 Å². The van der Waals surface area contributed by atoms with Crippen LogP contribution < -0.4 is 16.0 Å². The van der Waals surface area contributed by atoms with Gasteiger partial charge in [0.1, 0.15) is 48.5 Å². The number of phosphoric acid groups is 3. The third kappa shape index (κ3) is 17.4. The third-order valence-electron chi connectivity index (χ3n) is 12.7. The summed E-state index contributed by atoms with van der Waals surface area (Å²) in [7, 11) is -13.9. The average Bonchev–Trinajstić information content (AvgIpc) is 4.12. The molecule has 6 heterocycles. The Morgan fingerprint density at radius 1 is 0.740 bits per heavy atom. The second-order valence-corrected chi connectivity index (χ2v) is 22.4. The Kier molecular flexibility index (Phi) is 22.2. The summed E-state index contributed by atoms with van der Waals surface area (Å²) in [5.74, 6) is -1.11. The summed E-state index contributed by atoms with van der Waals surface area (Å²) in [6.07, 6.45) is 4.05. The number of carbonyl (C=O) groups is 2. The van der Waals surface area contributed by atoms with Crippen molar-refractivity contribution in [1.29, 1.82) is 0 Å². The number of nitrogens with one attached hydrogen (secondary N) is 3. The number of phosphoric ester groups is 3. The third-order valence-corrected chi connectivity index (χ3v) is 14.1. The lowest BCUT2D eigenvalue weighted by molar-refractivity contribution is -0.162. The molecule has 2 aliphatic carbocycles. The van der Waals surface area contributed by atoms with Crippen LogP contribution in [0.15, 0.2) is 62.0 Å². The molecule has 31 nitrogen and oxygen atoms in total. The van der Waals surface area contributed by atoms with Crippen molar-refractivity contribution >= 4 is 52.3 Å². The van der Waals surface area contributed by atoms with Gasteiger partial charge in [-0.2, -0.15) is 0 Å². The van der Waals surface area contributed by atoms with Crippen molar-refractivity contribution in [2.24, 2.45) is 11.8 Å². The summed E-state index contributed by atoms with van der Waals surface area (Å²) in [6.45, 7) is 14.1. The highest BCUT2D eigenvalue weighted by Gasteiger charge is 2.56. The number of ether oxygens (including phenoxy) is 4. The molecule has 2 saturated heterocycles. The fourth-order valence-electron chi connectivity index (χ4n) is 9.18. The highest BCUT2D eigenvalue weighted by atomic mass is 31.2. The highest BCUT2D eigenvalue weighted by molar-refractivity contribution is 7.46. The lowest BCUT2D eigenvalue weighted by Gasteiger charge is -2.34. The van der Waals surface area contributed by atoms with Gasteiger partial charge >= 0.3 is 23.5 Å². The van der Waals surface area contributed by atoms with Gasteiger partial charge < -0.3 is 94.5 Å². The van der Waals surface area contributed by atoms with Crippen molar-refractivity contribution in [3.8, 4) is 0 Å². The van der Waals surface area contributed by atoms with Crippen LogP contribution in [-0.4, -0.2) is 191 Å². The van der Waals surface area contributed by atoms with Crippen LogP contribution in [0.3, 0.4) is 0 Å². The molecular weight excluding hydrogens is 1090 g/mol. The van der Waals surface area contributed by atoms with E-state index in [1.165, 1.54) is 40.5 Å². The van der Waals surface area contributed by atoms with Crippen LogP contribution in [0, 0.1) is 11.8 Å². The molecule has 0 spiro atoms. The molecule has 4 aliphatic heterocycles. The quantitative estimate of drug-likeness (QED) is 0.0606. The first-order valence-corrected chi connectivity index (χ1v) is 28.4. The van der Waals surface area contributed by atoms with Gasteiger partial charge in [0.05, 0.1) is 50.4 Å². The van der Waals surface area contributed by atoms with Crippen molar-refractivity contribution in [3.63, 3.8) is 0 Å². The normalized spacial score (nSPS) is 29.8. The molecule has 12 atom stereocenters. The minimum Gasteiger partial charge on any atom is -0.390 e. The lowest BCUT2D eigenvalue weighted by atomic mass is 10.1. The molecule has 434 valence electrons. The summed E-state index contributed by atoms with van der Waals surface area (Å²) in [5, 5.41) is 48.8. The van der Waals surface area contributed by atoms with Gasteiger partial charge in [-0.15, -0.1) is 0 Å². The number of anilines is 1. The van der Waals surface area contributed by atoms with Gasteiger partial charge in [0, 0.05) is 56.1 Å². The van der Waals surface area contributed by atoms with E-state index in [-0.39, 0.29) is 68.9 Å². The molecule has 0 bridgehead atoms. The first kappa shape index (κ1) is 63.7. The fourth-order valence-corrected chi connectivity index (χ4v) is 10.3. The van der Waals surface area contributed by atoms with Crippen LogP contribution in [0.4, 0.5) is 5.82 Å². The van der Waals surface area contributed by atoms with Crippen LogP contribution in [0.2, 0.25) is 0 Å². The Balaban J connectivity index is 0.000000216. The Labute approximate surface area is 442 Å². The molecule has 2 saturated carbocycles. The Hall–Kier alpha value is -4.14. The van der Waals surface area contributed by atoms with Crippen LogP contribution in [0.25, 0.3) is 11.2 Å². The SMILES string of the molecule is C.C=C1NC(=O)C=CN1[C@@H]1CC(COP(=O)(O)O)[C@@H](O)C1O.C=C1NC(=O)C=CN1[C@@H]1CC(COP(=O)(O)O)[C@H]2OC(C)(C)OC21.CCCCOCCCNc1ncnc2c1ncn2[C@@H]1OC(COP(=O)(O)O)[C@@H](O)[C@H]1O. The standard InChI is InChI=1S/C17H28N5O8P.C14H21N2O7P.C11H17N2O7P.CH4/c1-2-3-6-28-7-4-5-18-15-12-16(20-9-19-15)22(10-21-12)17-14(24)13(23)11(30-17)8-29-31(25,26)27;1-8-15-11(17)4-5-16(8)10-6-9(7-21-24(18,19)20)12-13(10)23-14(2,3)22-12;1-6-12-9(14)2-3-13(6)8-4-7(10(15)11(8)16)5-20-21(17,18)19;/h9-11,13-14,17,23-24H,2-8H2,1H3,(H,18,19,20)(H2,25,26,27);4-5,9-10,12-13H,1,6-7H2,2-3H3,(H,15,17)(H2,18,19,20);2-3,7-8,10-11,15-16H,1,4-5H2,(H,12,14)(H2,17,18,19);1H4/t11?,13-,14-,17-;9?,10-,12-,13?;7?,8-,10-,11?;/m111./s1. The topological polar surface area (TPSA) is 438 Å². The van der Waals surface area contributed by atoms with E-state index in [1.807, 2.05) is 0 Å². The van der Waals surface area contributed by atoms with Crippen molar-refractivity contribution in [2.45, 2.75) is 127 Å². The van der Waals surface area contributed by atoms with Crippen molar-refractivity contribution in [1.82, 2.24) is 40.0 Å². The molecule has 34 heteroatoms. The Morgan fingerprint density at radius 2 is 1.29 bits per heavy atom. The van der Waals surface area contributed by atoms with E-state index in [1.54, 1.807) is 24.9 Å². The monoisotopic (exact) mass is 1160 g/mol. The lowest BCUT2D eigenvalue weighted by Crippen LogP contribution is -2.45. The second kappa shape index (κ2) is 26.9. The van der Waals surface area contributed by atoms with E-state index < -0.39 is 84.6 Å². The number of hydrogen-bond donors (Lipinski definition) is 13. The molecule has 4 fully saturated rings. The number of rotatable bonds is 20. The Morgan fingerprint density at radius 3 is 1.87 bits per heavy atom. The van der Waals surface area contributed by atoms with Crippen molar-refractivity contribution in [2.75, 3.05) is 44.9 Å². The van der Waals surface area contributed by atoms with Gasteiger partial charge in [0.25, 0.3) is 11.8 Å². The molecule has 77 heavy (non-hydrogen) atoms. The molecular formula is C43H70N9O22P3. The van der Waals surface area contributed by atoms with Gasteiger partial charge in [-0.05, 0) is 39.5 Å². The van der Waals surface area contributed by atoms with Gasteiger partial charge in [-0.3, -0.25) is 27.7 Å². The smallest absolute Gasteiger partial charge is 0.390 e. The zero-order valence-electron chi connectivity index (χ0n) is 41.5. The first-order valence-electron chi connectivity index (χ1n) is 23.8. The summed E-state index contributed by atoms with van der Waals surface area (Å²) in [6, 6.07) is -0.763. The number of amides is 2. The maximum Gasteiger partial charge on any atom is 0.469 e. The van der Waals surface area contributed by atoms with E-state index in [0.717, 1.165) is 25.9 Å². The summed E-state index contributed by atoms with van der Waals surface area (Å²) >= 11 is 0. The highest BCUT2D eigenvalue weighted by Crippen LogP contribution is 2.47. The van der Waals surface area contributed by atoms with E-state index in [9.17, 15) is 43.7 Å². The molecule has 5 unspecified atom stereocenters. The van der Waals surface area contributed by atoms with Crippen LogP contribution in [-0.2, 0) is 55.8 Å². The molecule has 0 radical (unpaired) electrons. The number of nitrogens with zero attached hydrogens (tertiary/aromatic N) is 6. The number of hydrogen-bond acceptors (Lipinski definition) is 22. The Bertz CT molecular complexity index is 2580. The van der Waals surface area contributed by atoms with E-state index >= 15 is 0 Å². The molecule has 0 aromatic carbocycles. The zero-order chi connectivity index (χ0) is 55.9. The van der Waals surface area contributed by atoms with Gasteiger partial charge in [-0.25, -0.2) is 28.6 Å². The first-order chi connectivity index (χ1) is 35.6. The van der Waals surface area contributed by atoms with E-state index in [2.05, 4.69) is 64.6 Å². The van der Waals surface area contributed by atoms with Crippen molar-refractivity contribution in [3.05, 3.63) is 62.0 Å². The molecule has 2 aromatic heterocycles.